The van der Waals surface area contributed by atoms with E-state index in [-0.39, 0.29) is 18.6 Å². The Labute approximate surface area is 180 Å². The third-order valence-electron chi connectivity index (χ3n) is 5.54. The molecule has 3 heterocycles. The van der Waals surface area contributed by atoms with Crippen LogP contribution in [0.1, 0.15) is 25.3 Å². The Kier molecular flexibility index (Phi) is 5.83. The summed E-state index contributed by atoms with van der Waals surface area (Å²) in [7, 11) is 1.55. The Hall–Kier alpha value is -2.77. The monoisotopic (exact) mass is 428 g/mol. The van der Waals surface area contributed by atoms with E-state index in [0.717, 1.165) is 48.5 Å². The van der Waals surface area contributed by atoms with Crippen LogP contribution in [0.15, 0.2) is 36.7 Å². The van der Waals surface area contributed by atoms with Gasteiger partial charge in [-0.25, -0.2) is 4.98 Å². The molecule has 0 atom stereocenters. The number of aliphatic hydroxyl groups excluding tert-OH is 1. The molecule has 3 aromatic rings. The number of piperidine rings is 1. The van der Waals surface area contributed by atoms with Crippen molar-refractivity contribution in [3.05, 3.63) is 47.2 Å². The second kappa shape index (κ2) is 8.53. The van der Waals surface area contributed by atoms with Gasteiger partial charge in [0.15, 0.2) is 0 Å². The normalized spacial score (nSPS) is 14.9. The van der Waals surface area contributed by atoms with E-state index in [0.29, 0.717) is 16.3 Å². The number of benzene rings is 1. The number of carbonyl (C=O) groups excluding carboxylic acids is 1. The van der Waals surface area contributed by atoms with Gasteiger partial charge in [-0.05, 0) is 36.6 Å². The first kappa shape index (κ1) is 20.5. The summed E-state index contributed by atoms with van der Waals surface area (Å²) < 4.78 is 7.21. The molecule has 7 nitrogen and oxygen atoms in total. The van der Waals surface area contributed by atoms with E-state index in [2.05, 4.69) is 22.3 Å². The standard InChI is InChI=1S/C22H25ClN4O3/c1-14(29)24-16-3-6-26(7-4-16)17-5-8-27-12-20(25-22(27)10-17)18-11-19(23)21(30-2)9-15(18)13-28/h5,8-12,16,28H,3-4,6-7,13H2,1-2H3,(H,24,29). The third kappa shape index (κ3) is 4.08. The number of anilines is 1. The molecule has 1 aromatic carbocycles. The van der Waals surface area contributed by atoms with E-state index in [4.69, 9.17) is 21.3 Å². The lowest BCUT2D eigenvalue weighted by Gasteiger charge is -2.33. The Bertz CT molecular complexity index is 1070. The lowest BCUT2D eigenvalue weighted by atomic mass is 10.0. The topological polar surface area (TPSA) is 79.1 Å². The van der Waals surface area contributed by atoms with Crippen LogP contribution in [0.4, 0.5) is 5.69 Å². The Morgan fingerprint density at radius 3 is 2.77 bits per heavy atom. The number of carbonyl (C=O) groups is 1. The van der Waals surface area contributed by atoms with Gasteiger partial charge in [-0.1, -0.05) is 11.6 Å². The number of nitrogens with zero attached hydrogens (tertiary/aromatic N) is 3. The second-order valence-electron chi connectivity index (χ2n) is 7.54. The number of rotatable bonds is 5. The summed E-state index contributed by atoms with van der Waals surface area (Å²) in [4.78, 5) is 18.3. The van der Waals surface area contributed by atoms with Gasteiger partial charge in [0.1, 0.15) is 11.4 Å². The molecule has 4 rings (SSSR count). The molecule has 0 bridgehead atoms. The van der Waals surface area contributed by atoms with Crippen molar-refractivity contribution in [1.29, 1.82) is 0 Å². The number of pyridine rings is 1. The smallest absolute Gasteiger partial charge is 0.217 e. The summed E-state index contributed by atoms with van der Waals surface area (Å²) >= 11 is 6.30. The van der Waals surface area contributed by atoms with Crippen LogP contribution in [-0.2, 0) is 11.4 Å². The van der Waals surface area contributed by atoms with E-state index in [1.165, 1.54) is 0 Å². The molecular formula is C22H25ClN4O3. The fourth-order valence-electron chi connectivity index (χ4n) is 3.99. The number of amides is 1. The maximum atomic E-state index is 11.3. The SMILES string of the molecule is COc1cc(CO)c(-c2cn3ccc(N4CCC(NC(C)=O)CC4)cc3n2)cc1Cl. The number of hydrogen-bond acceptors (Lipinski definition) is 5. The summed E-state index contributed by atoms with van der Waals surface area (Å²) in [6.07, 6.45) is 5.77. The number of methoxy groups -OCH3 is 1. The predicted octanol–water partition coefficient (Wildman–Crippen LogP) is 3.26. The van der Waals surface area contributed by atoms with Crippen molar-refractivity contribution in [3.8, 4) is 17.0 Å². The van der Waals surface area contributed by atoms with Crippen LogP contribution in [0.25, 0.3) is 16.9 Å². The quantitative estimate of drug-likeness (QED) is 0.652. The largest absolute Gasteiger partial charge is 0.495 e. The van der Waals surface area contributed by atoms with Gasteiger partial charge in [-0.15, -0.1) is 0 Å². The van der Waals surface area contributed by atoms with Crippen LogP contribution in [0.5, 0.6) is 5.75 Å². The van der Waals surface area contributed by atoms with Gasteiger partial charge in [-0.3, -0.25) is 4.79 Å². The fourth-order valence-corrected chi connectivity index (χ4v) is 4.23. The zero-order valence-electron chi connectivity index (χ0n) is 17.1. The number of imidazole rings is 1. The van der Waals surface area contributed by atoms with Crippen LogP contribution in [0, 0.1) is 0 Å². The molecular weight excluding hydrogens is 404 g/mol. The molecule has 1 fully saturated rings. The fraction of sp³-hybridized carbons (Fsp3) is 0.364. The summed E-state index contributed by atoms with van der Waals surface area (Å²) in [6, 6.07) is 7.91. The van der Waals surface area contributed by atoms with E-state index in [1.54, 1.807) is 26.2 Å². The number of aliphatic hydroxyl groups is 1. The summed E-state index contributed by atoms with van der Waals surface area (Å²) in [5, 5.41) is 13.3. The molecule has 0 aliphatic carbocycles. The van der Waals surface area contributed by atoms with Gasteiger partial charge in [0.25, 0.3) is 0 Å². The number of hydrogen-bond donors (Lipinski definition) is 2. The zero-order chi connectivity index (χ0) is 21.3. The average Bonchev–Trinajstić information content (AvgIpc) is 3.17. The van der Waals surface area contributed by atoms with Crippen molar-refractivity contribution in [2.45, 2.75) is 32.4 Å². The maximum Gasteiger partial charge on any atom is 0.217 e. The molecule has 8 heteroatoms. The minimum absolute atomic E-state index is 0.0284. The van der Waals surface area contributed by atoms with E-state index < -0.39 is 0 Å². The summed E-state index contributed by atoms with van der Waals surface area (Å²) in [5.41, 5.74) is 4.16. The predicted molar refractivity (Wildman–Crippen MR) is 117 cm³/mol. The number of fused-ring (bicyclic) bond motifs is 1. The molecule has 30 heavy (non-hydrogen) atoms. The minimum Gasteiger partial charge on any atom is -0.495 e. The summed E-state index contributed by atoms with van der Waals surface area (Å²) in [5.74, 6) is 0.554. The first-order valence-corrected chi connectivity index (χ1v) is 10.3. The van der Waals surface area contributed by atoms with Crippen LogP contribution in [0.2, 0.25) is 5.02 Å². The lowest BCUT2D eigenvalue weighted by molar-refractivity contribution is -0.119. The zero-order valence-corrected chi connectivity index (χ0v) is 17.8. The Morgan fingerprint density at radius 1 is 1.33 bits per heavy atom. The van der Waals surface area contributed by atoms with Crippen molar-refractivity contribution in [2.75, 3.05) is 25.1 Å². The van der Waals surface area contributed by atoms with E-state index in [1.807, 2.05) is 16.8 Å². The molecule has 1 saturated heterocycles. The minimum atomic E-state index is -0.134. The summed E-state index contributed by atoms with van der Waals surface area (Å²) in [6.45, 7) is 3.20. The number of halogens is 1. The molecule has 1 aliphatic heterocycles. The van der Waals surface area contributed by atoms with Crippen LogP contribution in [0.3, 0.4) is 0 Å². The third-order valence-corrected chi connectivity index (χ3v) is 5.83. The Balaban J connectivity index is 1.60. The highest BCUT2D eigenvalue weighted by Crippen LogP contribution is 2.34. The van der Waals surface area contributed by atoms with E-state index >= 15 is 0 Å². The molecule has 0 radical (unpaired) electrons. The molecule has 0 saturated carbocycles. The molecule has 0 unspecified atom stereocenters. The van der Waals surface area contributed by atoms with Crippen LogP contribution < -0.4 is 15.0 Å². The van der Waals surface area contributed by atoms with Crippen molar-refractivity contribution in [2.24, 2.45) is 0 Å². The highest BCUT2D eigenvalue weighted by Gasteiger charge is 2.20. The molecule has 0 spiro atoms. The molecule has 1 aliphatic rings. The van der Waals surface area contributed by atoms with Gasteiger partial charge in [0.05, 0.1) is 24.4 Å². The van der Waals surface area contributed by atoms with Gasteiger partial charge in [0.2, 0.25) is 5.91 Å². The molecule has 158 valence electrons. The number of aromatic nitrogens is 2. The molecule has 2 aromatic heterocycles. The highest BCUT2D eigenvalue weighted by molar-refractivity contribution is 6.32. The Morgan fingerprint density at radius 2 is 2.10 bits per heavy atom. The molecule has 1 amide bonds. The number of nitrogens with one attached hydrogen (secondary N) is 1. The van der Waals surface area contributed by atoms with Gasteiger partial charge in [-0.2, -0.15) is 0 Å². The maximum absolute atomic E-state index is 11.3. The van der Waals surface area contributed by atoms with Crippen molar-refractivity contribution < 1.29 is 14.6 Å². The lowest BCUT2D eigenvalue weighted by Crippen LogP contribution is -2.44. The van der Waals surface area contributed by atoms with Crippen LogP contribution in [-0.4, -0.2) is 46.6 Å². The second-order valence-corrected chi connectivity index (χ2v) is 7.95. The average molecular weight is 429 g/mol. The van der Waals surface area contributed by atoms with E-state index in [9.17, 15) is 9.90 Å². The first-order valence-electron chi connectivity index (χ1n) is 9.97. The number of ether oxygens (including phenoxy) is 1. The molecule has 2 N–H and O–H groups in total. The first-order chi connectivity index (χ1) is 14.5. The van der Waals surface area contributed by atoms with Crippen LogP contribution >= 0.6 is 11.6 Å². The van der Waals surface area contributed by atoms with Crippen molar-refractivity contribution in [1.82, 2.24) is 14.7 Å². The van der Waals surface area contributed by atoms with Crippen molar-refractivity contribution in [3.63, 3.8) is 0 Å². The van der Waals surface area contributed by atoms with Crippen molar-refractivity contribution >= 4 is 28.8 Å². The van der Waals surface area contributed by atoms with Gasteiger partial charge in [0, 0.05) is 55.8 Å². The van der Waals surface area contributed by atoms with Gasteiger partial charge < -0.3 is 24.5 Å². The van der Waals surface area contributed by atoms with Gasteiger partial charge >= 0.3 is 0 Å². The highest BCUT2D eigenvalue weighted by atomic mass is 35.5.